The van der Waals surface area contributed by atoms with Gasteiger partial charge < -0.3 is 19.1 Å². The lowest BCUT2D eigenvalue weighted by Crippen LogP contribution is -2.39. The van der Waals surface area contributed by atoms with Gasteiger partial charge in [0, 0.05) is 19.0 Å². The first-order valence-corrected chi connectivity index (χ1v) is 9.65. The maximum atomic E-state index is 12.6. The molecule has 0 fully saturated rings. The van der Waals surface area contributed by atoms with Gasteiger partial charge in [0.1, 0.15) is 0 Å². The first-order chi connectivity index (χ1) is 14.0. The first kappa shape index (κ1) is 22.3. The summed E-state index contributed by atoms with van der Waals surface area (Å²) in [5.41, 5.74) is 1.88. The average Bonchev–Trinajstić information content (AvgIpc) is 2.74. The van der Waals surface area contributed by atoms with Gasteiger partial charge in [0.05, 0.1) is 14.2 Å². The van der Waals surface area contributed by atoms with Crippen LogP contribution in [0.3, 0.4) is 0 Å². The summed E-state index contributed by atoms with van der Waals surface area (Å²) in [5, 5.41) is 0. The highest BCUT2D eigenvalue weighted by atomic mass is 16.5. The van der Waals surface area contributed by atoms with E-state index >= 15 is 0 Å². The number of carbonyl (C=O) groups is 2. The molecule has 1 amide bonds. The molecule has 156 valence electrons. The number of aryl methyl sites for hydroxylation is 1. The highest BCUT2D eigenvalue weighted by Gasteiger charge is 2.19. The van der Waals surface area contributed by atoms with E-state index in [0.717, 1.165) is 11.1 Å². The number of para-hydroxylation sites is 1. The van der Waals surface area contributed by atoms with Gasteiger partial charge in [-0.05, 0) is 37.5 Å². The standard InChI is InChI=1S/C23H29NO5/c1-17(2)24(15-18-9-6-5-7-10-18)21(25)16-29-22(26)14-13-19-11-8-12-20(27-3)23(19)28-4/h5-12,17H,13-16H2,1-4H3. The van der Waals surface area contributed by atoms with Crippen molar-refractivity contribution in [2.24, 2.45) is 0 Å². The molecule has 0 radical (unpaired) electrons. The third kappa shape index (κ3) is 6.52. The lowest BCUT2D eigenvalue weighted by atomic mass is 10.1. The van der Waals surface area contributed by atoms with Crippen LogP contribution in [0.5, 0.6) is 11.5 Å². The van der Waals surface area contributed by atoms with E-state index < -0.39 is 5.97 Å². The summed E-state index contributed by atoms with van der Waals surface area (Å²) in [6.07, 6.45) is 0.586. The zero-order valence-electron chi connectivity index (χ0n) is 17.5. The highest BCUT2D eigenvalue weighted by Crippen LogP contribution is 2.31. The summed E-state index contributed by atoms with van der Waals surface area (Å²) in [5.74, 6) is 0.581. The van der Waals surface area contributed by atoms with Crippen molar-refractivity contribution in [3.05, 3.63) is 59.7 Å². The number of amides is 1. The second kappa shape index (κ2) is 11.1. The van der Waals surface area contributed by atoms with Crippen LogP contribution in [-0.4, -0.2) is 43.6 Å². The van der Waals surface area contributed by atoms with Gasteiger partial charge in [-0.1, -0.05) is 42.5 Å². The van der Waals surface area contributed by atoms with Crippen LogP contribution >= 0.6 is 0 Å². The predicted octanol–water partition coefficient (Wildman–Crippen LogP) is 3.62. The van der Waals surface area contributed by atoms with Gasteiger partial charge in [-0.2, -0.15) is 0 Å². The Morgan fingerprint density at radius 2 is 1.69 bits per heavy atom. The molecule has 0 saturated carbocycles. The Morgan fingerprint density at radius 1 is 0.966 bits per heavy atom. The minimum atomic E-state index is -0.424. The smallest absolute Gasteiger partial charge is 0.306 e. The highest BCUT2D eigenvalue weighted by molar-refractivity contribution is 5.81. The van der Waals surface area contributed by atoms with Gasteiger partial charge in [0.25, 0.3) is 5.91 Å². The van der Waals surface area contributed by atoms with Crippen LogP contribution in [0.15, 0.2) is 48.5 Å². The quantitative estimate of drug-likeness (QED) is 0.571. The Kier molecular flexibility index (Phi) is 8.52. The lowest BCUT2D eigenvalue weighted by Gasteiger charge is -2.26. The summed E-state index contributed by atoms with van der Waals surface area (Å²) in [6.45, 7) is 4.10. The third-order valence-electron chi connectivity index (χ3n) is 4.58. The molecule has 2 aromatic carbocycles. The second-order valence-corrected chi connectivity index (χ2v) is 6.91. The van der Waals surface area contributed by atoms with Crippen LogP contribution in [0.4, 0.5) is 0 Å². The van der Waals surface area contributed by atoms with E-state index in [4.69, 9.17) is 14.2 Å². The molecular weight excluding hydrogens is 370 g/mol. The maximum absolute atomic E-state index is 12.6. The molecule has 0 aliphatic carbocycles. The Morgan fingerprint density at radius 3 is 2.31 bits per heavy atom. The lowest BCUT2D eigenvalue weighted by molar-refractivity contribution is -0.153. The van der Waals surface area contributed by atoms with Gasteiger partial charge in [-0.3, -0.25) is 9.59 Å². The van der Waals surface area contributed by atoms with E-state index in [1.165, 1.54) is 0 Å². The van der Waals surface area contributed by atoms with Gasteiger partial charge >= 0.3 is 5.97 Å². The van der Waals surface area contributed by atoms with Crippen LogP contribution in [0, 0.1) is 0 Å². The number of carbonyl (C=O) groups excluding carboxylic acids is 2. The van der Waals surface area contributed by atoms with E-state index in [9.17, 15) is 9.59 Å². The molecule has 0 aliphatic rings. The summed E-state index contributed by atoms with van der Waals surface area (Å²) >= 11 is 0. The van der Waals surface area contributed by atoms with E-state index in [1.807, 2.05) is 56.3 Å². The van der Waals surface area contributed by atoms with Gasteiger partial charge in [0.2, 0.25) is 0 Å². The van der Waals surface area contributed by atoms with Crippen molar-refractivity contribution in [3.8, 4) is 11.5 Å². The number of methoxy groups -OCH3 is 2. The minimum Gasteiger partial charge on any atom is -0.493 e. The fourth-order valence-electron chi connectivity index (χ4n) is 3.02. The van der Waals surface area contributed by atoms with Crippen molar-refractivity contribution in [1.29, 1.82) is 0 Å². The largest absolute Gasteiger partial charge is 0.493 e. The molecule has 0 aliphatic heterocycles. The van der Waals surface area contributed by atoms with Crippen molar-refractivity contribution in [3.63, 3.8) is 0 Å². The van der Waals surface area contributed by atoms with Crippen molar-refractivity contribution >= 4 is 11.9 Å². The molecule has 0 spiro atoms. The molecule has 2 aromatic rings. The molecule has 6 heteroatoms. The number of ether oxygens (including phenoxy) is 3. The first-order valence-electron chi connectivity index (χ1n) is 9.65. The Labute approximate surface area is 172 Å². The number of nitrogens with zero attached hydrogens (tertiary/aromatic N) is 1. The summed E-state index contributed by atoms with van der Waals surface area (Å²) in [4.78, 5) is 26.4. The van der Waals surface area contributed by atoms with E-state index in [1.54, 1.807) is 25.2 Å². The summed E-state index contributed by atoms with van der Waals surface area (Å²) < 4.78 is 15.9. The van der Waals surface area contributed by atoms with Crippen LogP contribution in [0.2, 0.25) is 0 Å². The van der Waals surface area contributed by atoms with Gasteiger partial charge in [-0.15, -0.1) is 0 Å². The van der Waals surface area contributed by atoms with Crippen molar-refractivity contribution in [2.45, 2.75) is 39.3 Å². The van der Waals surface area contributed by atoms with Crippen LogP contribution in [-0.2, 0) is 27.3 Å². The fourth-order valence-corrected chi connectivity index (χ4v) is 3.02. The Balaban J connectivity index is 1.88. The zero-order chi connectivity index (χ0) is 21.2. The number of esters is 1. The Hall–Kier alpha value is -3.02. The van der Waals surface area contributed by atoms with Crippen molar-refractivity contribution < 1.29 is 23.8 Å². The predicted molar refractivity (Wildman–Crippen MR) is 111 cm³/mol. The SMILES string of the molecule is COc1cccc(CCC(=O)OCC(=O)N(Cc2ccccc2)C(C)C)c1OC. The number of hydrogen-bond acceptors (Lipinski definition) is 5. The fraction of sp³-hybridized carbons (Fsp3) is 0.391. The average molecular weight is 399 g/mol. The number of hydrogen-bond donors (Lipinski definition) is 0. The van der Waals surface area contributed by atoms with Crippen LogP contribution < -0.4 is 9.47 Å². The van der Waals surface area contributed by atoms with E-state index in [-0.39, 0.29) is 25.0 Å². The van der Waals surface area contributed by atoms with Crippen molar-refractivity contribution in [2.75, 3.05) is 20.8 Å². The molecule has 0 bridgehead atoms. The topological polar surface area (TPSA) is 65.1 Å². The summed E-state index contributed by atoms with van der Waals surface area (Å²) in [6, 6.07) is 15.3. The third-order valence-corrected chi connectivity index (χ3v) is 4.58. The minimum absolute atomic E-state index is 0.00227. The normalized spacial score (nSPS) is 10.5. The maximum Gasteiger partial charge on any atom is 0.306 e. The molecule has 2 rings (SSSR count). The summed E-state index contributed by atoms with van der Waals surface area (Å²) in [7, 11) is 3.13. The van der Waals surface area contributed by atoms with Gasteiger partial charge in [0.15, 0.2) is 18.1 Å². The second-order valence-electron chi connectivity index (χ2n) is 6.91. The monoisotopic (exact) mass is 399 g/mol. The van der Waals surface area contributed by atoms with E-state index in [2.05, 4.69) is 0 Å². The number of benzene rings is 2. The van der Waals surface area contributed by atoms with Crippen LogP contribution in [0.25, 0.3) is 0 Å². The van der Waals surface area contributed by atoms with E-state index in [0.29, 0.717) is 24.5 Å². The molecule has 0 atom stereocenters. The van der Waals surface area contributed by atoms with Crippen LogP contribution in [0.1, 0.15) is 31.4 Å². The molecule has 0 N–H and O–H groups in total. The number of rotatable bonds is 10. The molecular formula is C23H29NO5. The van der Waals surface area contributed by atoms with Crippen molar-refractivity contribution in [1.82, 2.24) is 4.90 Å². The molecule has 0 aromatic heterocycles. The molecule has 29 heavy (non-hydrogen) atoms. The van der Waals surface area contributed by atoms with Gasteiger partial charge in [-0.25, -0.2) is 0 Å². The Bertz CT molecular complexity index is 804. The molecule has 0 unspecified atom stereocenters. The molecule has 0 heterocycles. The molecule has 6 nitrogen and oxygen atoms in total. The molecule has 0 saturated heterocycles. The zero-order valence-corrected chi connectivity index (χ0v) is 17.5.